The molecule has 1 aromatic carbocycles. The van der Waals surface area contributed by atoms with Crippen molar-refractivity contribution in [3.05, 3.63) is 34.3 Å². The van der Waals surface area contributed by atoms with Crippen LogP contribution in [0.5, 0.6) is 0 Å². The van der Waals surface area contributed by atoms with Gasteiger partial charge in [0.2, 0.25) is 0 Å². The zero-order valence-corrected chi connectivity index (χ0v) is 10.8. The molecule has 0 heterocycles. The van der Waals surface area contributed by atoms with Crippen LogP contribution < -0.4 is 0 Å². The Morgan fingerprint density at radius 2 is 2.20 bits per heavy atom. The lowest BCUT2D eigenvalue weighted by atomic mass is 9.97. The van der Waals surface area contributed by atoms with Gasteiger partial charge in [0, 0.05) is 11.1 Å². The summed E-state index contributed by atoms with van der Waals surface area (Å²) in [7, 11) is 0. The first-order chi connectivity index (χ1) is 7.06. The summed E-state index contributed by atoms with van der Waals surface area (Å²) >= 11 is 3.38. The Bertz CT molecular complexity index is 310. The first kappa shape index (κ1) is 12.7. The lowest BCUT2D eigenvalue weighted by molar-refractivity contribution is -0.0375. The van der Waals surface area contributed by atoms with Gasteiger partial charge in [-0.05, 0) is 31.0 Å². The van der Waals surface area contributed by atoms with Crippen LogP contribution in [0, 0.1) is 0 Å². The average Bonchev–Trinajstić information content (AvgIpc) is 2.18. The van der Waals surface area contributed by atoms with Gasteiger partial charge in [0.05, 0.1) is 6.61 Å². The van der Waals surface area contributed by atoms with Crippen molar-refractivity contribution in [2.45, 2.75) is 25.9 Å². The van der Waals surface area contributed by atoms with Crippen LogP contribution in [0.25, 0.3) is 0 Å². The van der Waals surface area contributed by atoms with E-state index in [0.29, 0.717) is 13.2 Å². The van der Waals surface area contributed by atoms with Crippen LogP contribution in [0.15, 0.2) is 28.7 Å². The Hall–Kier alpha value is -0.380. The molecule has 0 aliphatic carbocycles. The van der Waals surface area contributed by atoms with Crippen LogP contribution in [-0.2, 0) is 10.3 Å². The van der Waals surface area contributed by atoms with Gasteiger partial charge in [-0.3, -0.25) is 0 Å². The molecule has 1 rings (SSSR count). The zero-order chi connectivity index (χ0) is 11.3. The molecule has 0 bridgehead atoms. The number of benzene rings is 1. The monoisotopic (exact) mass is 272 g/mol. The van der Waals surface area contributed by atoms with Crippen LogP contribution in [0.1, 0.15) is 25.8 Å². The summed E-state index contributed by atoms with van der Waals surface area (Å²) in [6.45, 7) is 4.83. The highest BCUT2D eigenvalue weighted by molar-refractivity contribution is 9.10. The maximum absolute atomic E-state index is 10.2. The van der Waals surface area contributed by atoms with Crippen molar-refractivity contribution in [1.82, 2.24) is 0 Å². The number of aliphatic hydroxyl groups is 1. The van der Waals surface area contributed by atoms with Crippen molar-refractivity contribution in [2.24, 2.45) is 0 Å². The normalized spacial score (nSPS) is 14.9. The highest BCUT2D eigenvalue weighted by atomic mass is 79.9. The van der Waals surface area contributed by atoms with Crippen molar-refractivity contribution >= 4 is 15.9 Å². The van der Waals surface area contributed by atoms with E-state index in [2.05, 4.69) is 15.9 Å². The molecular weight excluding hydrogens is 256 g/mol. The van der Waals surface area contributed by atoms with Gasteiger partial charge >= 0.3 is 0 Å². The third-order valence-electron chi connectivity index (χ3n) is 2.18. The second-order valence-corrected chi connectivity index (χ2v) is 4.75. The molecule has 0 spiro atoms. The lowest BCUT2D eigenvalue weighted by Crippen LogP contribution is -2.28. The SMILES string of the molecule is CCCOCC(C)(O)c1cccc(Br)c1. The van der Waals surface area contributed by atoms with Gasteiger partial charge in [-0.25, -0.2) is 0 Å². The number of ether oxygens (including phenoxy) is 1. The van der Waals surface area contributed by atoms with Gasteiger partial charge < -0.3 is 9.84 Å². The minimum Gasteiger partial charge on any atom is -0.383 e. The van der Waals surface area contributed by atoms with Crippen LogP contribution in [0.4, 0.5) is 0 Å². The Morgan fingerprint density at radius 3 is 2.80 bits per heavy atom. The molecule has 3 heteroatoms. The molecule has 2 nitrogen and oxygen atoms in total. The summed E-state index contributed by atoms with van der Waals surface area (Å²) in [6, 6.07) is 7.66. The Balaban J connectivity index is 2.67. The van der Waals surface area contributed by atoms with Crippen molar-refractivity contribution < 1.29 is 9.84 Å². The van der Waals surface area contributed by atoms with Crippen molar-refractivity contribution in [3.8, 4) is 0 Å². The summed E-state index contributed by atoms with van der Waals surface area (Å²) in [5.74, 6) is 0. The van der Waals surface area contributed by atoms with E-state index in [4.69, 9.17) is 4.74 Å². The minimum absolute atomic E-state index is 0.331. The fraction of sp³-hybridized carbons (Fsp3) is 0.500. The van der Waals surface area contributed by atoms with E-state index in [1.807, 2.05) is 31.2 Å². The van der Waals surface area contributed by atoms with Crippen LogP contribution >= 0.6 is 15.9 Å². The maximum Gasteiger partial charge on any atom is 0.110 e. The molecule has 0 fully saturated rings. The molecule has 0 saturated heterocycles. The summed E-state index contributed by atoms with van der Waals surface area (Å²) < 4.78 is 6.34. The van der Waals surface area contributed by atoms with Crippen LogP contribution in [-0.4, -0.2) is 18.3 Å². The maximum atomic E-state index is 10.2. The summed E-state index contributed by atoms with van der Waals surface area (Å²) in [6.07, 6.45) is 0.967. The molecule has 0 aromatic heterocycles. The molecule has 0 aliphatic heterocycles. The largest absolute Gasteiger partial charge is 0.383 e. The van der Waals surface area contributed by atoms with Crippen molar-refractivity contribution in [1.29, 1.82) is 0 Å². The van der Waals surface area contributed by atoms with E-state index >= 15 is 0 Å². The van der Waals surface area contributed by atoms with E-state index in [9.17, 15) is 5.11 Å². The molecular formula is C12H17BrO2. The van der Waals surface area contributed by atoms with Gasteiger partial charge in [-0.2, -0.15) is 0 Å². The lowest BCUT2D eigenvalue weighted by Gasteiger charge is -2.23. The number of hydrogen-bond donors (Lipinski definition) is 1. The first-order valence-electron chi connectivity index (χ1n) is 5.12. The van der Waals surface area contributed by atoms with Gasteiger partial charge in [0.1, 0.15) is 5.60 Å². The minimum atomic E-state index is -0.918. The van der Waals surface area contributed by atoms with Gasteiger partial charge in [-0.1, -0.05) is 35.0 Å². The fourth-order valence-corrected chi connectivity index (χ4v) is 1.72. The third kappa shape index (κ3) is 3.93. The Labute approximate surface area is 99.4 Å². The Morgan fingerprint density at radius 1 is 1.47 bits per heavy atom. The molecule has 1 unspecified atom stereocenters. The number of rotatable bonds is 5. The molecule has 1 aromatic rings. The fourth-order valence-electron chi connectivity index (χ4n) is 1.32. The summed E-state index contributed by atoms with van der Waals surface area (Å²) in [4.78, 5) is 0. The molecule has 0 aliphatic rings. The van der Waals surface area contributed by atoms with Crippen LogP contribution in [0.2, 0.25) is 0 Å². The summed E-state index contributed by atoms with van der Waals surface area (Å²) in [5.41, 5.74) is -0.0492. The molecule has 0 radical (unpaired) electrons. The standard InChI is InChI=1S/C12H17BrO2/c1-3-7-15-9-12(2,14)10-5-4-6-11(13)8-10/h4-6,8,14H,3,7,9H2,1-2H3. The second-order valence-electron chi connectivity index (χ2n) is 3.84. The van der Waals surface area contributed by atoms with E-state index < -0.39 is 5.60 Å². The first-order valence-corrected chi connectivity index (χ1v) is 5.91. The molecule has 15 heavy (non-hydrogen) atoms. The predicted octanol–water partition coefficient (Wildman–Crippen LogP) is 3.08. The topological polar surface area (TPSA) is 29.5 Å². The van der Waals surface area contributed by atoms with Gasteiger partial charge in [0.25, 0.3) is 0 Å². The molecule has 84 valence electrons. The predicted molar refractivity (Wildman–Crippen MR) is 64.8 cm³/mol. The number of halogens is 1. The molecule has 1 N–H and O–H groups in total. The average molecular weight is 273 g/mol. The summed E-state index contributed by atoms with van der Waals surface area (Å²) in [5, 5.41) is 10.2. The smallest absolute Gasteiger partial charge is 0.110 e. The Kier molecular flexibility index (Phi) is 4.77. The molecule has 1 atom stereocenters. The van der Waals surface area contributed by atoms with Gasteiger partial charge in [-0.15, -0.1) is 0 Å². The zero-order valence-electron chi connectivity index (χ0n) is 9.16. The molecule has 0 amide bonds. The van der Waals surface area contributed by atoms with E-state index in [-0.39, 0.29) is 0 Å². The quantitative estimate of drug-likeness (QED) is 0.835. The van der Waals surface area contributed by atoms with Crippen molar-refractivity contribution in [3.63, 3.8) is 0 Å². The van der Waals surface area contributed by atoms with Crippen molar-refractivity contribution in [2.75, 3.05) is 13.2 Å². The van der Waals surface area contributed by atoms with E-state index in [0.717, 1.165) is 16.5 Å². The van der Waals surface area contributed by atoms with Gasteiger partial charge in [0.15, 0.2) is 0 Å². The second kappa shape index (κ2) is 5.64. The molecule has 0 saturated carbocycles. The van der Waals surface area contributed by atoms with Crippen LogP contribution in [0.3, 0.4) is 0 Å². The van der Waals surface area contributed by atoms with E-state index in [1.54, 1.807) is 6.92 Å². The third-order valence-corrected chi connectivity index (χ3v) is 2.67. The highest BCUT2D eigenvalue weighted by Gasteiger charge is 2.23. The number of hydrogen-bond acceptors (Lipinski definition) is 2. The highest BCUT2D eigenvalue weighted by Crippen LogP contribution is 2.23. The van der Waals surface area contributed by atoms with E-state index in [1.165, 1.54) is 0 Å².